The van der Waals surface area contributed by atoms with E-state index in [0.29, 0.717) is 11.5 Å². The van der Waals surface area contributed by atoms with E-state index in [1.807, 2.05) is 12.1 Å². The predicted molar refractivity (Wildman–Crippen MR) is 81.2 cm³/mol. The Hall–Kier alpha value is -1.62. The highest BCUT2D eigenvalue weighted by Crippen LogP contribution is 2.26. The minimum absolute atomic E-state index is 0.0629. The Morgan fingerprint density at radius 3 is 3.05 bits per heavy atom. The molecule has 0 aliphatic carbocycles. The van der Waals surface area contributed by atoms with E-state index in [4.69, 9.17) is 12.2 Å². The fraction of sp³-hybridized carbons (Fsp3) is 0.429. The first-order valence-electron chi connectivity index (χ1n) is 6.57. The Morgan fingerprint density at radius 1 is 1.53 bits per heavy atom. The highest BCUT2D eigenvalue weighted by Gasteiger charge is 2.18. The van der Waals surface area contributed by atoms with Crippen LogP contribution in [-0.2, 0) is 11.2 Å². The van der Waals surface area contributed by atoms with E-state index in [0.717, 1.165) is 29.8 Å². The molecule has 0 aromatic heterocycles. The number of carbonyl (C=O) groups is 1. The van der Waals surface area contributed by atoms with Crippen LogP contribution in [0.3, 0.4) is 0 Å². The van der Waals surface area contributed by atoms with Gasteiger partial charge in [-0.1, -0.05) is 19.1 Å². The van der Waals surface area contributed by atoms with E-state index < -0.39 is 0 Å². The highest BCUT2D eigenvalue weighted by atomic mass is 32.1. The van der Waals surface area contributed by atoms with E-state index in [2.05, 4.69) is 35.9 Å². The van der Waals surface area contributed by atoms with Gasteiger partial charge in [-0.3, -0.25) is 4.79 Å². The number of carbonyl (C=O) groups excluding carboxylic acids is 1. The molecule has 1 amide bonds. The molecule has 0 spiro atoms. The number of hydrogen-bond acceptors (Lipinski definition) is 2. The molecule has 1 aliphatic heterocycles. The molecule has 1 aromatic rings. The van der Waals surface area contributed by atoms with Crippen molar-refractivity contribution in [1.82, 2.24) is 10.6 Å². The SMILES string of the molecule is CCCNC(=S)NC(C)c1ccc2c(c1)CC(=O)N2. The zero-order valence-electron chi connectivity index (χ0n) is 11.2. The third-order valence-corrected chi connectivity index (χ3v) is 3.40. The molecule has 1 unspecified atom stereocenters. The van der Waals surface area contributed by atoms with Gasteiger partial charge in [-0.2, -0.15) is 0 Å². The second-order valence-electron chi connectivity index (χ2n) is 4.76. The Labute approximate surface area is 119 Å². The van der Waals surface area contributed by atoms with Gasteiger partial charge in [0.1, 0.15) is 0 Å². The van der Waals surface area contributed by atoms with Gasteiger partial charge in [0.25, 0.3) is 0 Å². The third-order valence-electron chi connectivity index (χ3n) is 3.14. The summed E-state index contributed by atoms with van der Waals surface area (Å²) in [5, 5.41) is 9.90. The first-order valence-corrected chi connectivity index (χ1v) is 6.98. The molecular weight excluding hydrogens is 258 g/mol. The van der Waals surface area contributed by atoms with Gasteiger partial charge in [-0.05, 0) is 42.8 Å². The van der Waals surface area contributed by atoms with Crippen molar-refractivity contribution < 1.29 is 4.79 Å². The Bertz CT molecular complexity index is 501. The Morgan fingerprint density at radius 2 is 2.32 bits per heavy atom. The summed E-state index contributed by atoms with van der Waals surface area (Å²) < 4.78 is 0. The topological polar surface area (TPSA) is 53.2 Å². The lowest BCUT2D eigenvalue weighted by Gasteiger charge is -2.17. The maximum absolute atomic E-state index is 11.3. The maximum Gasteiger partial charge on any atom is 0.228 e. The van der Waals surface area contributed by atoms with Crippen molar-refractivity contribution >= 4 is 28.9 Å². The summed E-state index contributed by atoms with van der Waals surface area (Å²) in [7, 11) is 0. The predicted octanol–water partition coefficient (Wildman–Crippen LogP) is 2.12. The van der Waals surface area contributed by atoms with Crippen LogP contribution in [0.25, 0.3) is 0 Å². The van der Waals surface area contributed by atoms with Crippen LogP contribution in [0.2, 0.25) is 0 Å². The normalized spacial score (nSPS) is 14.5. The van der Waals surface area contributed by atoms with E-state index >= 15 is 0 Å². The summed E-state index contributed by atoms with van der Waals surface area (Å²) in [6, 6.07) is 6.16. The van der Waals surface area contributed by atoms with Crippen molar-refractivity contribution in [2.24, 2.45) is 0 Å². The van der Waals surface area contributed by atoms with E-state index in [9.17, 15) is 4.79 Å². The molecule has 0 saturated heterocycles. The number of rotatable bonds is 4. The molecule has 5 heteroatoms. The smallest absolute Gasteiger partial charge is 0.228 e. The lowest BCUT2D eigenvalue weighted by atomic mass is 10.0. The van der Waals surface area contributed by atoms with Gasteiger partial charge < -0.3 is 16.0 Å². The molecule has 0 radical (unpaired) electrons. The van der Waals surface area contributed by atoms with Crippen LogP contribution in [0.4, 0.5) is 5.69 Å². The average molecular weight is 277 g/mol. The van der Waals surface area contributed by atoms with E-state index in [1.54, 1.807) is 0 Å². The molecule has 102 valence electrons. The number of hydrogen-bond donors (Lipinski definition) is 3. The van der Waals surface area contributed by atoms with Gasteiger partial charge in [0.05, 0.1) is 12.5 Å². The first kappa shape index (κ1) is 13.8. The largest absolute Gasteiger partial charge is 0.363 e. The minimum atomic E-state index is 0.0629. The van der Waals surface area contributed by atoms with Crippen LogP contribution < -0.4 is 16.0 Å². The van der Waals surface area contributed by atoms with E-state index in [-0.39, 0.29) is 11.9 Å². The quantitative estimate of drug-likeness (QED) is 0.738. The number of thiocarbonyl (C=S) groups is 1. The molecule has 2 rings (SSSR count). The Kier molecular flexibility index (Phi) is 4.37. The number of amides is 1. The molecule has 19 heavy (non-hydrogen) atoms. The fourth-order valence-electron chi connectivity index (χ4n) is 2.09. The third kappa shape index (κ3) is 3.44. The first-order chi connectivity index (χ1) is 9.10. The summed E-state index contributed by atoms with van der Waals surface area (Å²) in [6.45, 7) is 5.04. The van der Waals surface area contributed by atoms with Crippen molar-refractivity contribution in [3.05, 3.63) is 29.3 Å². The molecule has 1 aliphatic rings. The Balaban J connectivity index is 2.00. The molecule has 0 bridgehead atoms. The summed E-state index contributed by atoms with van der Waals surface area (Å²) in [5.74, 6) is 0.0629. The van der Waals surface area contributed by atoms with Crippen molar-refractivity contribution in [3.63, 3.8) is 0 Å². The summed E-state index contributed by atoms with van der Waals surface area (Å²) >= 11 is 5.23. The van der Waals surface area contributed by atoms with Crippen molar-refractivity contribution in [2.75, 3.05) is 11.9 Å². The standard InChI is InChI=1S/C14H19N3OS/c1-3-6-15-14(19)16-9(2)10-4-5-12-11(7-10)8-13(18)17-12/h4-5,7,9H,3,6,8H2,1-2H3,(H,17,18)(H2,15,16,19). The van der Waals surface area contributed by atoms with Crippen molar-refractivity contribution in [3.8, 4) is 0 Å². The average Bonchev–Trinajstić information content (AvgIpc) is 2.75. The molecule has 0 saturated carbocycles. The number of benzene rings is 1. The van der Waals surface area contributed by atoms with Gasteiger partial charge in [-0.25, -0.2) is 0 Å². The lowest BCUT2D eigenvalue weighted by Crippen LogP contribution is -2.37. The van der Waals surface area contributed by atoms with Gasteiger partial charge in [-0.15, -0.1) is 0 Å². The lowest BCUT2D eigenvalue weighted by molar-refractivity contribution is -0.115. The van der Waals surface area contributed by atoms with E-state index in [1.165, 1.54) is 0 Å². The second-order valence-corrected chi connectivity index (χ2v) is 5.17. The van der Waals surface area contributed by atoms with Crippen LogP contribution in [-0.4, -0.2) is 17.6 Å². The van der Waals surface area contributed by atoms with Gasteiger partial charge in [0, 0.05) is 12.2 Å². The number of fused-ring (bicyclic) bond motifs is 1. The summed E-state index contributed by atoms with van der Waals surface area (Å²) in [5.41, 5.74) is 3.12. The molecule has 0 fully saturated rings. The fourth-order valence-corrected chi connectivity index (χ4v) is 2.37. The molecule has 1 atom stereocenters. The molecule has 4 nitrogen and oxygen atoms in total. The van der Waals surface area contributed by atoms with Gasteiger partial charge >= 0.3 is 0 Å². The van der Waals surface area contributed by atoms with Gasteiger partial charge in [0.2, 0.25) is 5.91 Å². The molecular formula is C14H19N3OS. The van der Waals surface area contributed by atoms with Crippen LogP contribution >= 0.6 is 12.2 Å². The van der Waals surface area contributed by atoms with Gasteiger partial charge in [0.15, 0.2) is 5.11 Å². The zero-order valence-corrected chi connectivity index (χ0v) is 12.1. The van der Waals surface area contributed by atoms with Crippen molar-refractivity contribution in [1.29, 1.82) is 0 Å². The van der Waals surface area contributed by atoms with Crippen LogP contribution in [0.5, 0.6) is 0 Å². The number of anilines is 1. The highest BCUT2D eigenvalue weighted by molar-refractivity contribution is 7.80. The zero-order chi connectivity index (χ0) is 13.8. The second kappa shape index (κ2) is 6.02. The minimum Gasteiger partial charge on any atom is -0.363 e. The molecule has 1 aromatic carbocycles. The van der Waals surface area contributed by atoms with Crippen LogP contribution in [0.15, 0.2) is 18.2 Å². The molecule has 1 heterocycles. The van der Waals surface area contributed by atoms with Crippen LogP contribution in [0.1, 0.15) is 37.4 Å². The van der Waals surface area contributed by atoms with Crippen molar-refractivity contribution in [2.45, 2.75) is 32.7 Å². The number of nitrogens with one attached hydrogen (secondary N) is 3. The summed E-state index contributed by atoms with van der Waals surface area (Å²) in [6.07, 6.45) is 1.51. The summed E-state index contributed by atoms with van der Waals surface area (Å²) in [4.78, 5) is 11.3. The monoisotopic (exact) mass is 277 g/mol. The van der Waals surface area contributed by atoms with Crippen LogP contribution in [0, 0.1) is 0 Å². The molecule has 3 N–H and O–H groups in total. The maximum atomic E-state index is 11.3.